The lowest BCUT2D eigenvalue weighted by Gasteiger charge is -2.24. The molecule has 0 unspecified atom stereocenters. The molecule has 0 aromatic rings. The van der Waals surface area contributed by atoms with Gasteiger partial charge in [-0.3, -0.25) is 14.5 Å². The van der Waals surface area contributed by atoms with Gasteiger partial charge in [0.25, 0.3) is 0 Å². The van der Waals surface area contributed by atoms with Gasteiger partial charge in [0.1, 0.15) is 0 Å². The van der Waals surface area contributed by atoms with E-state index < -0.39 is 5.41 Å². The first kappa shape index (κ1) is 14.5. The van der Waals surface area contributed by atoms with Gasteiger partial charge < -0.3 is 4.74 Å². The van der Waals surface area contributed by atoms with Crippen molar-refractivity contribution in [2.45, 2.75) is 59.0 Å². The number of ether oxygens (including phenoxy) is 1. The van der Waals surface area contributed by atoms with Crippen molar-refractivity contribution in [2.75, 3.05) is 13.2 Å². The summed E-state index contributed by atoms with van der Waals surface area (Å²) in [7, 11) is 0. The Bertz CT molecular complexity index is 360. The molecule has 4 heteroatoms. The maximum absolute atomic E-state index is 12.4. The molecule has 0 N–H and O–H groups in total. The number of rotatable bonds is 5. The van der Waals surface area contributed by atoms with Gasteiger partial charge in [0.2, 0.25) is 11.8 Å². The van der Waals surface area contributed by atoms with Gasteiger partial charge in [-0.1, -0.05) is 20.8 Å². The molecule has 0 saturated carbocycles. The fraction of sp³-hybridized carbons (Fsp3) is 0.867. The first-order valence-electron chi connectivity index (χ1n) is 7.39. The van der Waals surface area contributed by atoms with Crippen molar-refractivity contribution in [1.82, 2.24) is 4.90 Å². The van der Waals surface area contributed by atoms with E-state index in [1.165, 1.54) is 4.90 Å². The molecule has 2 atom stereocenters. The summed E-state index contributed by atoms with van der Waals surface area (Å²) in [5, 5.41) is 0. The van der Waals surface area contributed by atoms with E-state index in [2.05, 4.69) is 13.8 Å². The van der Waals surface area contributed by atoms with Crippen molar-refractivity contribution in [3.8, 4) is 0 Å². The summed E-state index contributed by atoms with van der Waals surface area (Å²) in [4.78, 5) is 26.0. The van der Waals surface area contributed by atoms with Crippen molar-refractivity contribution in [3.05, 3.63) is 0 Å². The van der Waals surface area contributed by atoms with Crippen LogP contribution in [-0.4, -0.2) is 36.0 Å². The lowest BCUT2D eigenvalue weighted by Crippen LogP contribution is -2.36. The van der Waals surface area contributed by atoms with Crippen LogP contribution < -0.4 is 0 Å². The van der Waals surface area contributed by atoms with E-state index in [0.29, 0.717) is 18.9 Å². The molecule has 108 valence electrons. The normalized spacial score (nSPS) is 31.8. The Hall–Kier alpha value is -0.900. The fourth-order valence-corrected chi connectivity index (χ4v) is 3.38. The van der Waals surface area contributed by atoms with Crippen LogP contribution in [0.1, 0.15) is 52.9 Å². The van der Waals surface area contributed by atoms with Crippen LogP contribution in [0.5, 0.6) is 0 Å². The average Bonchev–Trinajstić information content (AvgIpc) is 2.86. The Morgan fingerprint density at radius 2 is 2.16 bits per heavy atom. The topological polar surface area (TPSA) is 46.6 Å². The summed E-state index contributed by atoms with van der Waals surface area (Å²) in [5.74, 6) is 0.440. The van der Waals surface area contributed by atoms with Gasteiger partial charge in [-0.15, -0.1) is 0 Å². The lowest BCUT2D eigenvalue weighted by atomic mass is 9.80. The number of likely N-dealkylation sites (tertiary alicyclic amines) is 1. The summed E-state index contributed by atoms with van der Waals surface area (Å²) >= 11 is 0. The van der Waals surface area contributed by atoms with Crippen LogP contribution >= 0.6 is 0 Å². The molecule has 2 rings (SSSR count). The van der Waals surface area contributed by atoms with E-state index in [1.54, 1.807) is 0 Å². The summed E-state index contributed by atoms with van der Waals surface area (Å²) < 4.78 is 5.55. The molecule has 0 aliphatic carbocycles. The van der Waals surface area contributed by atoms with Crippen LogP contribution in [-0.2, 0) is 14.3 Å². The number of carbonyl (C=O) groups excluding carboxylic acids is 2. The van der Waals surface area contributed by atoms with E-state index >= 15 is 0 Å². The molecule has 0 radical (unpaired) electrons. The molecule has 2 aliphatic heterocycles. The minimum Gasteiger partial charge on any atom is -0.378 e. The summed E-state index contributed by atoms with van der Waals surface area (Å²) in [5.41, 5.74) is -0.484. The molecule has 2 amide bonds. The highest BCUT2D eigenvalue weighted by atomic mass is 16.5. The Labute approximate surface area is 115 Å². The first-order valence-corrected chi connectivity index (χ1v) is 7.39. The molecule has 19 heavy (non-hydrogen) atoms. The van der Waals surface area contributed by atoms with Gasteiger partial charge in [0.15, 0.2) is 0 Å². The van der Waals surface area contributed by atoms with Crippen LogP contribution in [0.3, 0.4) is 0 Å². The highest BCUT2D eigenvalue weighted by Crippen LogP contribution is 2.38. The Kier molecular flexibility index (Phi) is 4.29. The number of carbonyl (C=O) groups is 2. The first-order chi connectivity index (χ1) is 8.92. The smallest absolute Gasteiger partial charge is 0.235 e. The Balaban J connectivity index is 1.93. The Morgan fingerprint density at radius 3 is 2.74 bits per heavy atom. The van der Waals surface area contributed by atoms with Crippen molar-refractivity contribution in [2.24, 2.45) is 11.3 Å². The molecule has 2 aliphatic rings. The summed E-state index contributed by atoms with van der Waals surface area (Å²) in [6.07, 6.45) is 4.33. The highest BCUT2D eigenvalue weighted by molar-refractivity contribution is 6.05. The molecule has 4 nitrogen and oxygen atoms in total. The van der Waals surface area contributed by atoms with Gasteiger partial charge in [0, 0.05) is 19.6 Å². The van der Waals surface area contributed by atoms with Crippen molar-refractivity contribution in [3.63, 3.8) is 0 Å². The number of hydrogen-bond acceptors (Lipinski definition) is 3. The average molecular weight is 267 g/mol. The molecule has 0 bridgehead atoms. The molecule has 0 spiro atoms. The second-order valence-electron chi connectivity index (χ2n) is 6.61. The Morgan fingerprint density at radius 1 is 1.42 bits per heavy atom. The number of hydrogen-bond donors (Lipinski definition) is 0. The van der Waals surface area contributed by atoms with Crippen LogP contribution in [0, 0.1) is 11.3 Å². The molecule has 2 saturated heterocycles. The number of amides is 2. The van der Waals surface area contributed by atoms with Crippen LogP contribution in [0.25, 0.3) is 0 Å². The van der Waals surface area contributed by atoms with E-state index in [4.69, 9.17) is 4.74 Å². The molecule has 2 heterocycles. The van der Waals surface area contributed by atoms with Crippen LogP contribution in [0.2, 0.25) is 0 Å². The minimum atomic E-state index is -0.484. The zero-order valence-electron chi connectivity index (χ0n) is 12.3. The van der Waals surface area contributed by atoms with Gasteiger partial charge in [-0.05, 0) is 31.6 Å². The maximum atomic E-state index is 12.4. The quantitative estimate of drug-likeness (QED) is 0.718. The van der Waals surface area contributed by atoms with Gasteiger partial charge in [-0.25, -0.2) is 0 Å². The molecular formula is C15H25NO3. The summed E-state index contributed by atoms with van der Waals surface area (Å²) in [6, 6.07) is 0. The zero-order chi connectivity index (χ0) is 14.0. The zero-order valence-corrected chi connectivity index (χ0v) is 12.3. The van der Waals surface area contributed by atoms with Gasteiger partial charge in [0.05, 0.1) is 11.5 Å². The second kappa shape index (κ2) is 5.61. The monoisotopic (exact) mass is 267 g/mol. The molecule has 2 fully saturated rings. The van der Waals surface area contributed by atoms with E-state index in [1.807, 2.05) is 6.92 Å². The van der Waals surface area contributed by atoms with E-state index in [-0.39, 0.29) is 17.9 Å². The predicted octanol–water partition coefficient (Wildman–Crippen LogP) is 2.37. The van der Waals surface area contributed by atoms with Crippen molar-refractivity contribution < 1.29 is 14.3 Å². The van der Waals surface area contributed by atoms with Crippen molar-refractivity contribution >= 4 is 11.8 Å². The number of nitrogens with zero attached hydrogens (tertiary/aromatic N) is 1. The maximum Gasteiger partial charge on any atom is 0.235 e. The van der Waals surface area contributed by atoms with E-state index in [0.717, 1.165) is 32.3 Å². The van der Waals surface area contributed by atoms with Gasteiger partial charge in [-0.2, -0.15) is 0 Å². The van der Waals surface area contributed by atoms with Gasteiger partial charge >= 0.3 is 0 Å². The minimum absolute atomic E-state index is 0.00820. The lowest BCUT2D eigenvalue weighted by molar-refractivity contribution is -0.141. The molecule has 0 aromatic heterocycles. The highest BCUT2D eigenvalue weighted by Gasteiger charge is 2.47. The molecular weight excluding hydrogens is 242 g/mol. The predicted molar refractivity (Wildman–Crippen MR) is 72.5 cm³/mol. The van der Waals surface area contributed by atoms with Crippen molar-refractivity contribution in [1.29, 1.82) is 0 Å². The van der Waals surface area contributed by atoms with E-state index in [9.17, 15) is 9.59 Å². The third-order valence-electron chi connectivity index (χ3n) is 4.16. The summed E-state index contributed by atoms with van der Waals surface area (Å²) in [6.45, 7) is 7.46. The standard InChI is InChI=1S/C15H25NO3/c1-11(2)9-15(3)10-13(17)16(14(15)18)7-6-12-5-4-8-19-12/h11-12H,4-10H2,1-3H3/t12-,15-/m0/s1. The van der Waals surface area contributed by atoms with Crippen LogP contribution in [0.15, 0.2) is 0 Å². The van der Waals surface area contributed by atoms with Crippen LogP contribution in [0.4, 0.5) is 0 Å². The SMILES string of the molecule is CC(C)C[C@@]1(C)CC(=O)N(CC[C@@H]2CCCO2)C1=O. The molecule has 0 aromatic carbocycles. The fourth-order valence-electron chi connectivity index (χ4n) is 3.38. The third-order valence-corrected chi connectivity index (χ3v) is 4.16. The third kappa shape index (κ3) is 3.16. The second-order valence-corrected chi connectivity index (χ2v) is 6.61. The largest absolute Gasteiger partial charge is 0.378 e. The number of imide groups is 1.